The number of carbonyl (C=O) groups excluding carboxylic acids is 2. The number of carbonyl (C=O) groups is 2. The van der Waals surface area contributed by atoms with Crippen LogP contribution in [0, 0.1) is 5.92 Å². The van der Waals surface area contributed by atoms with Gasteiger partial charge in [-0.1, -0.05) is 13.8 Å². The maximum absolute atomic E-state index is 11.3. The van der Waals surface area contributed by atoms with Crippen LogP contribution in [0.2, 0.25) is 0 Å². The lowest BCUT2D eigenvalue weighted by molar-refractivity contribution is -0.125. The Balaban J connectivity index is 2.57. The van der Waals surface area contributed by atoms with Crippen LogP contribution in [0.15, 0.2) is 0 Å². The molecule has 1 saturated heterocycles. The fourth-order valence-electron chi connectivity index (χ4n) is 2.11. The molecule has 0 aromatic carbocycles. The normalized spacial score (nSPS) is 19.9. The van der Waals surface area contributed by atoms with Crippen LogP contribution in [-0.4, -0.2) is 53.3 Å². The highest BCUT2D eigenvalue weighted by Gasteiger charge is 2.30. The Morgan fingerprint density at radius 3 is 2.00 bits per heavy atom. The molecule has 0 aromatic heterocycles. The maximum Gasteiger partial charge on any atom is 0.316 e. The standard InChI is InChI=1S/C10H18ClN3O2/c1-7(2)8(9(12)15)13-3-5-14(6-4-13)10(11)16/h7-8H,3-6H2,1-2H3,(H2,12,15). The quantitative estimate of drug-likeness (QED) is 0.583. The van der Waals surface area contributed by atoms with E-state index in [-0.39, 0.29) is 17.9 Å². The first-order chi connectivity index (χ1) is 7.43. The van der Waals surface area contributed by atoms with E-state index in [0.717, 1.165) is 0 Å². The van der Waals surface area contributed by atoms with Crippen LogP contribution >= 0.6 is 11.6 Å². The Labute approximate surface area is 101 Å². The molecule has 0 bridgehead atoms. The summed E-state index contributed by atoms with van der Waals surface area (Å²) in [5, 5.41) is -0.431. The molecule has 92 valence electrons. The van der Waals surface area contributed by atoms with Crippen molar-refractivity contribution in [2.24, 2.45) is 11.7 Å². The molecular formula is C10H18ClN3O2. The maximum atomic E-state index is 11.3. The van der Waals surface area contributed by atoms with Crippen molar-refractivity contribution in [2.45, 2.75) is 19.9 Å². The van der Waals surface area contributed by atoms with Gasteiger partial charge in [0.05, 0.1) is 6.04 Å². The van der Waals surface area contributed by atoms with Gasteiger partial charge in [0.15, 0.2) is 0 Å². The van der Waals surface area contributed by atoms with Crippen molar-refractivity contribution >= 4 is 22.9 Å². The van der Waals surface area contributed by atoms with Gasteiger partial charge in [0, 0.05) is 26.2 Å². The fraction of sp³-hybridized carbons (Fsp3) is 0.800. The summed E-state index contributed by atoms with van der Waals surface area (Å²) in [7, 11) is 0. The summed E-state index contributed by atoms with van der Waals surface area (Å²) < 4.78 is 0. The second kappa shape index (κ2) is 5.50. The van der Waals surface area contributed by atoms with Crippen LogP contribution in [0.3, 0.4) is 0 Å². The lowest BCUT2D eigenvalue weighted by Crippen LogP contribution is -2.56. The molecule has 6 heteroatoms. The average molecular weight is 248 g/mol. The molecule has 0 aliphatic carbocycles. The van der Waals surface area contributed by atoms with Crippen molar-refractivity contribution in [1.82, 2.24) is 9.80 Å². The number of rotatable bonds is 3. The SMILES string of the molecule is CC(C)C(C(N)=O)N1CCN(C(=O)Cl)CC1. The lowest BCUT2D eigenvalue weighted by atomic mass is 10.0. The second-order valence-electron chi connectivity index (χ2n) is 4.37. The minimum Gasteiger partial charge on any atom is -0.368 e. The molecule has 1 aliphatic heterocycles. The number of primary amides is 1. The van der Waals surface area contributed by atoms with Crippen LogP contribution in [0.4, 0.5) is 4.79 Å². The van der Waals surface area contributed by atoms with E-state index < -0.39 is 5.37 Å². The zero-order valence-electron chi connectivity index (χ0n) is 9.65. The first-order valence-electron chi connectivity index (χ1n) is 5.41. The van der Waals surface area contributed by atoms with E-state index in [1.165, 1.54) is 0 Å². The molecule has 1 fully saturated rings. The van der Waals surface area contributed by atoms with Crippen LogP contribution in [0.5, 0.6) is 0 Å². The van der Waals surface area contributed by atoms with Gasteiger partial charge in [0.2, 0.25) is 5.91 Å². The number of piperazine rings is 1. The van der Waals surface area contributed by atoms with Crippen molar-refractivity contribution in [3.63, 3.8) is 0 Å². The summed E-state index contributed by atoms with van der Waals surface area (Å²) in [5.74, 6) is -0.128. The molecule has 0 radical (unpaired) electrons. The Hall–Kier alpha value is -0.810. The molecule has 1 rings (SSSR count). The van der Waals surface area contributed by atoms with E-state index in [0.29, 0.717) is 26.2 Å². The highest BCUT2D eigenvalue weighted by atomic mass is 35.5. The van der Waals surface area contributed by atoms with E-state index in [9.17, 15) is 9.59 Å². The van der Waals surface area contributed by atoms with E-state index in [2.05, 4.69) is 0 Å². The van der Waals surface area contributed by atoms with Crippen molar-refractivity contribution in [3.8, 4) is 0 Å². The molecule has 2 N–H and O–H groups in total. The topological polar surface area (TPSA) is 66.6 Å². The van der Waals surface area contributed by atoms with Crippen molar-refractivity contribution in [1.29, 1.82) is 0 Å². The summed E-state index contributed by atoms with van der Waals surface area (Å²) in [4.78, 5) is 25.8. The second-order valence-corrected chi connectivity index (χ2v) is 4.69. The first-order valence-corrected chi connectivity index (χ1v) is 5.79. The lowest BCUT2D eigenvalue weighted by Gasteiger charge is -2.38. The summed E-state index contributed by atoms with van der Waals surface area (Å²) in [6.07, 6.45) is 0. The summed E-state index contributed by atoms with van der Waals surface area (Å²) >= 11 is 5.39. The Morgan fingerprint density at radius 2 is 1.69 bits per heavy atom. The Bertz CT molecular complexity index is 275. The molecule has 0 saturated carbocycles. The fourth-order valence-corrected chi connectivity index (χ4v) is 2.28. The molecular weight excluding hydrogens is 230 g/mol. The molecule has 1 unspecified atom stereocenters. The van der Waals surface area contributed by atoms with Gasteiger partial charge in [-0.05, 0) is 17.5 Å². The Morgan fingerprint density at radius 1 is 1.19 bits per heavy atom. The molecule has 2 amide bonds. The average Bonchev–Trinajstić information content (AvgIpc) is 2.17. The highest BCUT2D eigenvalue weighted by Crippen LogP contribution is 2.14. The van der Waals surface area contributed by atoms with Crippen molar-refractivity contribution < 1.29 is 9.59 Å². The molecule has 0 aromatic rings. The third-order valence-electron chi connectivity index (χ3n) is 2.88. The molecule has 16 heavy (non-hydrogen) atoms. The predicted molar refractivity (Wildman–Crippen MR) is 62.2 cm³/mol. The van der Waals surface area contributed by atoms with Gasteiger partial charge in [0.25, 0.3) is 0 Å². The van der Waals surface area contributed by atoms with E-state index in [1.807, 2.05) is 18.7 Å². The van der Waals surface area contributed by atoms with E-state index in [1.54, 1.807) is 4.90 Å². The van der Waals surface area contributed by atoms with Crippen LogP contribution < -0.4 is 5.73 Å². The smallest absolute Gasteiger partial charge is 0.316 e. The minimum atomic E-state index is -0.431. The number of nitrogens with zero attached hydrogens (tertiary/aromatic N) is 2. The number of hydrogen-bond donors (Lipinski definition) is 1. The monoisotopic (exact) mass is 247 g/mol. The van der Waals surface area contributed by atoms with Gasteiger partial charge >= 0.3 is 5.37 Å². The van der Waals surface area contributed by atoms with Crippen LogP contribution in [0.25, 0.3) is 0 Å². The van der Waals surface area contributed by atoms with Crippen molar-refractivity contribution in [2.75, 3.05) is 26.2 Å². The highest BCUT2D eigenvalue weighted by molar-refractivity contribution is 6.62. The number of nitrogens with two attached hydrogens (primary N) is 1. The van der Waals surface area contributed by atoms with E-state index in [4.69, 9.17) is 17.3 Å². The molecule has 0 spiro atoms. The first kappa shape index (κ1) is 13.3. The van der Waals surface area contributed by atoms with Crippen LogP contribution in [-0.2, 0) is 4.79 Å². The van der Waals surface area contributed by atoms with Crippen molar-refractivity contribution in [3.05, 3.63) is 0 Å². The van der Waals surface area contributed by atoms with Gasteiger partial charge in [0.1, 0.15) is 0 Å². The molecule has 5 nitrogen and oxygen atoms in total. The predicted octanol–water partition coefficient (Wildman–Crippen LogP) is 0.473. The molecule has 1 aliphatic rings. The molecule has 1 atom stereocenters. The largest absolute Gasteiger partial charge is 0.368 e. The van der Waals surface area contributed by atoms with Gasteiger partial charge in [-0.15, -0.1) is 0 Å². The summed E-state index contributed by atoms with van der Waals surface area (Å²) in [6, 6.07) is -0.257. The van der Waals surface area contributed by atoms with Gasteiger partial charge in [-0.2, -0.15) is 0 Å². The zero-order chi connectivity index (χ0) is 12.3. The third kappa shape index (κ3) is 3.09. The van der Waals surface area contributed by atoms with E-state index >= 15 is 0 Å². The third-order valence-corrected chi connectivity index (χ3v) is 3.12. The Kier molecular flexibility index (Phi) is 4.56. The number of hydrogen-bond acceptors (Lipinski definition) is 3. The van der Waals surface area contributed by atoms with Crippen LogP contribution in [0.1, 0.15) is 13.8 Å². The number of halogens is 1. The zero-order valence-corrected chi connectivity index (χ0v) is 10.4. The van der Waals surface area contributed by atoms with Gasteiger partial charge in [-0.25, -0.2) is 0 Å². The number of amides is 2. The minimum absolute atomic E-state index is 0.177. The summed E-state index contributed by atoms with van der Waals surface area (Å²) in [5.41, 5.74) is 5.38. The summed E-state index contributed by atoms with van der Waals surface area (Å²) in [6.45, 7) is 6.33. The van der Waals surface area contributed by atoms with Gasteiger partial charge < -0.3 is 10.6 Å². The van der Waals surface area contributed by atoms with Gasteiger partial charge in [-0.3, -0.25) is 14.5 Å². The molecule has 1 heterocycles.